The maximum Gasteiger partial charge on any atom is 0.230 e. The number of hydrogen-bond acceptors (Lipinski definition) is 5. The average Bonchev–Trinajstić information content (AvgIpc) is 3.47. The summed E-state index contributed by atoms with van der Waals surface area (Å²) in [4.78, 5) is 12.3. The third kappa shape index (κ3) is 3.91. The van der Waals surface area contributed by atoms with E-state index in [2.05, 4.69) is 15.5 Å². The lowest BCUT2D eigenvalue weighted by molar-refractivity contribution is -0.119. The molecule has 0 saturated heterocycles. The zero-order valence-corrected chi connectivity index (χ0v) is 16.6. The van der Waals surface area contributed by atoms with Gasteiger partial charge < -0.3 is 10.1 Å². The first-order valence-electron chi connectivity index (χ1n) is 9.41. The second-order valence-electron chi connectivity index (χ2n) is 6.72. The van der Waals surface area contributed by atoms with Crippen molar-refractivity contribution in [1.82, 2.24) is 24.9 Å². The van der Waals surface area contributed by atoms with Gasteiger partial charge in [0.15, 0.2) is 5.82 Å². The Balaban J connectivity index is 1.59. The number of methoxy groups -OCH3 is 1. The average molecular weight is 398 g/mol. The van der Waals surface area contributed by atoms with E-state index >= 15 is 0 Å². The molecule has 0 radical (unpaired) electrons. The number of ether oxygens (including phenoxy) is 1. The van der Waals surface area contributed by atoms with Crippen molar-refractivity contribution >= 4 is 17.7 Å². The molecule has 146 valence electrons. The number of nitrogens with one attached hydrogen (secondary N) is 1. The lowest BCUT2D eigenvalue weighted by Gasteiger charge is -2.14. The van der Waals surface area contributed by atoms with Gasteiger partial charge in [-0.1, -0.05) is 36.7 Å². The van der Waals surface area contributed by atoms with Crippen molar-refractivity contribution in [2.45, 2.75) is 36.9 Å². The zero-order valence-electron chi connectivity index (χ0n) is 15.7. The maximum atomic E-state index is 12.3. The molecule has 0 unspecified atom stereocenters. The van der Waals surface area contributed by atoms with Crippen LogP contribution in [0.2, 0.25) is 0 Å². The summed E-state index contributed by atoms with van der Waals surface area (Å²) in [5.74, 6) is 1.73. The number of nitrogens with zero attached hydrogens (tertiary/aromatic N) is 4. The van der Waals surface area contributed by atoms with Gasteiger partial charge >= 0.3 is 0 Å². The summed E-state index contributed by atoms with van der Waals surface area (Å²) < 4.78 is 9.29. The Bertz CT molecular complexity index is 932. The molecule has 28 heavy (non-hydrogen) atoms. The van der Waals surface area contributed by atoms with Crippen LogP contribution in [-0.4, -0.2) is 44.4 Å². The fourth-order valence-electron chi connectivity index (χ4n) is 3.49. The van der Waals surface area contributed by atoms with E-state index in [9.17, 15) is 4.79 Å². The van der Waals surface area contributed by atoms with E-state index in [4.69, 9.17) is 4.74 Å². The van der Waals surface area contributed by atoms with Crippen LogP contribution < -0.4 is 10.1 Å². The second-order valence-corrected chi connectivity index (χ2v) is 7.66. The molecule has 1 saturated carbocycles. The summed E-state index contributed by atoms with van der Waals surface area (Å²) in [6.45, 7) is 0. The number of thioether (sulfide) groups is 1. The minimum Gasteiger partial charge on any atom is -0.496 e. The number of benzene rings is 1. The standard InChI is InChI=1S/C20H23N5O2S/c1-27-17-11-5-4-10-16(17)19-22-23-20(25(19)24-12-6-7-13-24)28-14-18(26)21-15-8-2-3-9-15/h4-7,10-13,15H,2-3,8-9,14H2,1H3,(H,21,26). The van der Waals surface area contributed by atoms with Crippen molar-refractivity contribution in [2.24, 2.45) is 0 Å². The third-order valence-electron chi connectivity index (χ3n) is 4.83. The fraction of sp³-hybridized carbons (Fsp3) is 0.350. The molecular weight excluding hydrogens is 374 g/mol. The van der Waals surface area contributed by atoms with E-state index in [0.29, 0.717) is 22.8 Å². The molecule has 1 fully saturated rings. The molecule has 4 rings (SSSR count). The molecule has 1 aliphatic carbocycles. The first-order valence-corrected chi connectivity index (χ1v) is 10.4. The predicted octanol–water partition coefficient (Wildman–Crippen LogP) is 3.22. The van der Waals surface area contributed by atoms with E-state index < -0.39 is 0 Å². The van der Waals surface area contributed by atoms with E-state index in [1.54, 1.807) is 7.11 Å². The quantitative estimate of drug-likeness (QED) is 0.620. The molecule has 1 aliphatic rings. The number of amides is 1. The Labute approximate surface area is 168 Å². The summed E-state index contributed by atoms with van der Waals surface area (Å²) in [7, 11) is 1.64. The van der Waals surface area contributed by atoms with Gasteiger partial charge in [-0.05, 0) is 37.1 Å². The first kappa shape index (κ1) is 18.6. The van der Waals surface area contributed by atoms with Gasteiger partial charge in [-0.15, -0.1) is 10.2 Å². The highest BCUT2D eigenvalue weighted by Crippen LogP contribution is 2.31. The van der Waals surface area contributed by atoms with Crippen LogP contribution in [-0.2, 0) is 4.79 Å². The van der Waals surface area contributed by atoms with Crippen LogP contribution in [0.3, 0.4) is 0 Å². The van der Waals surface area contributed by atoms with Gasteiger partial charge in [0.1, 0.15) is 5.75 Å². The Morgan fingerprint density at radius 3 is 2.68 bits per heavy atom. The Morgan fingerprint density at radius 2 is 1.93 bits per heavy atom. The van der Waals surface area contributed by atoms with E-state index in [0.717, 1.165) is 24.2 Å². The van der Waals surface area contributed by atoms with Crippen molar-refractivity contribution in [2.75, 3.05) is 12.9 Å². The predicted molar refractivity (Wildman–Crippen MR) is 108 cm³/mol. The summed E-state index contributed by atoms with van der Waals surface area (Å²) in [5.41, 5.74) is 0.841. The maximum absolute atomic E-state index is 12.3. The Kier molecular flexibility index (Phi) is 5.66. The molecule has 1 aromatic carbocycles. The fourth-order valence-corrected chi connectivity index (χ4v) is 4.23. The molecule has 0 atom stereocenters. The molecule has 2 heterocycles. The topological polar surface area (TPSA) is 74.0 Å². The van der Waals surface area contributed by atoms with Crippen molar-refractivity contribution in [1.29, 1.82) is 0 Å². The monoisotopic (exact) mass is 397 g/mol. The van der Waals surface area contributed by atoms with Crippen LogP contribution in [0.1, 0.15) is 25.7 Å². The first-order chi connectivity index (χ1) is 13.8. The van der Waals surface area contributed by atoms with Crippen molar-refractivity contribution in [3.8, 4) is 17.1 Å². The van der Waals surface area contributed by atoms with Crippen LogP contribution in [0.15, 0.2) is 53.9 Å². The van der Waals surface area contributed by atoms with Gasteiger partial charge in [0, 0.05) is 18.4 Å². The van der Waals surface area contributed by atoms with E-state index in [1.165, 1.54) is 24.6 Å². The van der Waals surface area contributed by atoms with Crippen LogP contribution in [0.25, 0.3) is 11.4 Å². The molecule has 1 N–H and O–H groups in total. The smallest absolute Gasteiger partial charge is 0.230 e. The minimum absolute atomic E-state index is 0.0396. The Hall–Kier alpha value is -2.74. The highest BCUT2D eigenvalue weighted by molar-refractivity contribution is 7.99. The number of hydrogen-bond donors (Lipinski definition) is 1. The van der Waals surface area contributed by atoms with Gasteiger partial charge in [-0.25, -0.2) is 4.68 Å². The summed E-state index contributed by atoms with van der Waals surface area (Å²) in [6, 6.07) is 11.9. The van der Waals surface area contributed by atoms with Crippen molar-refractivity contribution in [3.05, 3.63) is 48.8 Å². The lowest BCUT2D eigenvalue weighted by atomic mass is 10.2. The van der Waals surface area contributed by atoms with Crippen LogP contribution in [0, 0.1) is 0 Å². The number of carbonyl (C=O) groups excluding carboxylic acids is 1. The highest BCUT2D eigenvalue weighted by atomic mass is 32.2. The second kappa shape index (κ2) is 8.52. The summed E-state index contributed by atoms with van der Waals surface area (Å²) in [6.07, 6.45) is 8.39. The van der Waals surface area contributed by atoms with E-state index in [-0.39, 0.29) is 5.91 Å². The number of para-hydroxylation sites is 1. The SMILES string of the molecule is COc1ccccc1-c1nnc(SCC(=O)NC2CCCC2)n1-n1cccc1. The van der Waals surface area contributed by atoms with E-state index in [1.807, 2.05) is 58.1 Å². The third-order valence-corrected chi connectivity index (χ3v) is 5.75. The summed E-state index contributed by atoms with van der Waals surface area (Å²) >= 11 is 1.38. The zero-order chi connectivity index (χ0) is 19.3. The minimum atomic E-state index is 0.0396. The van der Waals surface area contributed by atoms with Crippen molar-refractivity contribution < 1.29 is 9.53 Å². The molecular formula is C20H23N5O2S. The van der Waals surface area contributed by atoms with Crippen molar-refractivity contribution in [3.63, 3.8) is 0 Å². The van der Waals surface area contributed by atoms with Gasteiger partial charge in [-0.3, -0.25) is 9.47 Å². The van der Waals surface area contributed by atoms with Gasteiger partial charge in [0.05, 0.1) is 18.4 Å². The normalized spacial score (nSPS) is 14.3. The number of carbonyl (C=O) groups is 1. The molecule has 1 amide bonds. The van der Waals surface area contributed by atoms with Gasteiger partial charge in [0.2, 0.25) is 11.1 Å². The molecule has 0 aliphatic heterocycles. The molecule has 3 aromatic rings. The number of rotatable bonds is 7. The Morgan fingerprint density at radius 1 is 1.18 bits per heavy atom. The van der Waals surface area contributed by atoms with Gasteiger partial charge in [-0.2, -0.15) is 0 Å². The molecule has 0 bridgehead atoms. The van der Waals surface area contributed by atoms with Crippen LogP contribution in [0.5, 0.6) is 5.75 Å². The summed E-state index contributed by atoms with van der Waals surface area (Å²) in [5, 5.41) is 12.5. The largest absolute Gasteiger partial charge is 0.496 e. The molecule has 7 nitrogen and oxygen atoms in total. The molecule has 0 spiro atoms. The highest BCUT2D eigenvalue weighted by Gasteiger charge is 2.21. The van der Waals surface area contributed by atoms with Crippen LogP contribution in [0.4, 0.5) is 0 Å². The molecule has 8 heteroatoms. The lowest BCUT2D eigenvalue weighted by Crippen LogP contribution is -2.33. The number of aromatic nitrogens is 4. The van der Waals surface area contributed by atoms with Crippen LogP contribution >= 0.6 is 11.8 Å². The molecule has 2 aromatic heterocycles. The van der Waals surface area contributed by atoms with Gasteiger partial charge in [0.25, 0.3) is 0 Å².